The van der Waals surface area contributed by atoms with Crippen molar-refractivity contribution in [2.24, 2.45) is 0 Å². The van der Waals surface area contributed by atoms with Gasteiger partial charge in [-0.25, -0.2) is 9.67 Å². The van der Waals surface area contributed by atoms with Gasteiger partial charge in [0.1, 0.15) is 5.82 Å². The third-order valence-electron chi connectivity index (χ3n) is 4.30. The second kappa shape index (κ2) is 6.95. The van der Waals surface area contributed by atoms with Crippen molar-refractivity contribution >= 4 is 16.9 Å². The summed E-state index contributed by atoms with van der Waals surface area (Å²) in [5, 5.41) is 7.31. The first-order valence-electron chi connectivity index (χ1n) is 8.60. The van der Waals surface area contributed by atoms with Gasteiger partial charge in [0.05, 0.1) is 36.1 Å². The monoisotopic (exact) mass is 361 g/mol. The summed E-state index contributed by atoms with van der Waals surface area (Å²) in [6.07, 6.45) is 1.69. The van der Waals surface area contributed by atoms with Gasteiger partial charge in [-0.15, -0.1) is 0 Å². The summed E-state index contributed by atoms with van der Waals surface area (Å²) in [4.78, 5) is 20.5. The minimum absolute atomic E-state index is 0.226. The molecule has 136 valence electrons. The van der Waals surface area contributed by atoms with E-state index in [0.717, 1.165) is 16.7 Å². The van der Waals surface area contributed by atoms with Crippen molar-refractivity contribution in [3.63, 3.8) is 0 Å². The zero-order valence-corrected chi connectivity index (χ0v) is 15.0. The summed E-state index contributed by atoms with van der Waals surface area (Å²) >= 11 is 0. The van der Waals surface area contributed by atoms with Crippen molar-refractivity contribution in [2.75, 3.05) is 7.11 Å². The lowest BCUT2D eigenvalue weighted by Crippen LogP contribution is -2.28. The number of para-hydroxylation sites is 3. The zero-order valence-electron chi connectivity index (χ0n) is 15.0. The molecular weight excluding hydrogens is 342 g/mol. The highest BCUT2D eigenvalue weighted by Crippen LogP contribution is 2.21. The number of methoxy groups -OCH3 is 1. The summed E-state index contributed by atoms with van der Waals surface area (Å²) in [5.41, 5.74) is 2.86. The van der Waals surface area contributed by atoms with Gasteiger partial charge in [0.25, 0.3) is 5.91 Å². The van der Waals surface area contributed by atoms with E-state index in [2.05, 4.69) is 20.4 Å². The number of nitrogens with zero attached hydrogens (tertiary/aromatic N) is 3. The first-order valence-corrected chi connectivity index (χ1v) is 8.60. The lowest BCUT2D eigenvalue weighted by molar-refractivity contribution is 0.0930. The molecule has 1 amide bonds. The molecule has 4 rings (SSSR count). The number of hydrogen-bond donors (Lipinski definition) is 2. The van der Waals surface area contributed by atoms with Crippen LogP contribution in [0, 0.1) is 0 Å². The molecule has 4 aromatic rings. The summed E-state index contributed by atoms with van der Waals surface area (Å²) in [6.45, 7) is 1.87. The highest BCUT2D eigenvalue weighted by atomic mass is 16.5. The molecule has 0 saturated carbocycles. The lowest BCUT2D eigenvalue weighted by Gasteiger charge is -2.10. The molecule has 0 aliphatic rings. The molecule has 2 aromatic carbocycles. The minimum Gasteiger partial charge on any atom is -0.493 e. The topological polar surface area (TPSA) is 84.8 Å². The number of H-pyrrole nitrogens is 1. The maximum atomic E-state index is 12.8. The van der Waals surface area contributed by atoms with Gasteiger partial charge in [0, 0.05) is 0 Å². The Morgan fingerprint density at radius 2 is 1.89 bits per heavy atom. The smallest absolute Gasteiger partial charge is 0.276 e. The van der Waals surface area contributed by atoms with Crippen LogP contribution >= 0.6 is 0 Å². The molecule has 0 saturated heterocycles. The second-order valence-electron chi connectivity index (χ2n) is 6.16. The molecule has 7 nitrogen and oxygen atoms in total. The molecule has 2 heterocycles. The molecule has 2 N–H and O–H groups in total. The predicted molar refractivity (Wildman–Crippen MR) is 102 cm³/mol. The van der Waals surface area contributed by atoms with Crippen molar-refractivity contribution in [3.8, 4) is 11.4 Å². The average molecular weight is 361 g/mol. The Bertz CT molecular complexity index is 1050. The van der Waals surface area contributed by atoms with E-state index >= 15 is 0 Å². The summed E-state index contributed by atoms with van der Waals surface area (Å²) in [5.74, 6) is 0.772. The van der Waals surface area contributed by atoms with Gasteiger partial charge in [0.15, 0.2) is 11.4 Å². The molecule has 0 aliphatic heterocycles. The number of aromatic nitrogens is 4. The molecule has 1 atom stereocenters. The summed E-state index contributed by atoms with van der Waals surface area (Å²) in [6, 6.07) is 17.0. The van der Waals surface area contributed by atoms with E-state index < -0.39 is 0 Å². The lowest BCUT2D eigenvalue weighted by atomic mass is 10.3. The van der Waals surface area contributed by atoms with E-state index in [1.165, 1.54) is 7.11 Å². The molecule has 0 unspecified atom stereocenters. The molecule has 27 heavy (non-hydrogen) atoms. The number of ether oxygens (including phenoxy) is 1. The number of imidazole rings is 1. The van der Waals surface area contributed by atoms with Crippen LogP contribution in [0.2, 0.25) is 0 Å². The van der Waals surface area contributed by atoms with Crippen LogP contribution in [0.15, 0.2) is 60.8 Å². The number of benzene rings is 2. The van der Waals surface area contributed by atoms with Gasteiger partial charge in [-0.1, -0.05) is 30.3 Å². The first-order chi connectivity index (χ1) is 13.2. The highest BCUT2D eigenvalue weighted by Gasteiger charge is 2.21. The average Bonchev–Trinajstić information content (AvgIpc) is 3.33. The maximum Gasteiger partial charge on any atom is 0.276 e. The van der Waals surface area contributed by atoms with Gasteiger partial charge in [-0.3, -0.25) is 4.79 Å². The first kappa shape index (κ1) is 16.8. The fraction of sp³-hybridized carbons (Fsp3) is 0.150. The zero-order chi connectivity index (χ0) is 18.8. The van der Waals surface area contributed by atoms with E-state index in [1.807, 2.05) is 61.5 Å². The van der Waals surface area contributed by atoms with Crippen molar-refractivity contribution in [1.29, 1.82) is 0 Å². The largest absolute Gasteiger partial charge is 0.493 e. The molecule has 0 spiro atoms. The number of carbonyl (C=O) groups excluding carboxylic acids is 1. The second-order valence-corrected chi connectivity index (χ2v) is 6.16. The Balaban J connectivity index is 1.58. The number of amides is 1. The van der Waals surface area contributed by atoms with Gasteiger partial charge >= 0.3 is 0 Å². The Hall–Kier alpha value is -3.61. The molecular formula is C20H19N5O2. The Morgan fingerprint density at radius 1 is 1.15 bits per heavy atom. The van der Waals surface area contributed by atoms with Crippen LogP contribution in [0.1, 0.15) is 29.3 Å². The Morgan fingerprint density at radius 3 is 2.63 bits per heavy atom. The molecule has 0 fully saturated rings. The number of aromatic amines is 1. The van der Waals surface area contributed by atoms with Crippen molar-refractivity contribution in [2.45, 2.75) is 13.0 Å². The van der Waals surface area contributed by atoms with Crippen LogP contribution in [0.4, 0.5) is 0 Å². The number of hydrogen-bond acceptors (Lipinski definition) is 4. The summed E-state index contributed by atoms with van der Waals surface area (Å²) < 4.78 is 6.96. The van der Waals surface area contributed by atoms with Crippen LogP contribution in [0.3, 0.4) is 0 Å². The molecule has 0 radical (unpaired) electrons. The number of nitrogens with one attached hydrogen (secondary N) is 2. The van der Waals surface area contributed by atoms with Crippen LogP contribution in [0.5, 0.6) is 5.75 Å². The fourth-order valence-electron chi connectivity index (χ4n) is 2.89. The fourth-order valence-corrected chi connectivity index (χ4v) is 2.89. The molecule has 2 aromatic heterocycles. The normalized spacial score (nSPS) is 12.1. The number of carbonyl (C=O) groups is 1. The van der Waals surface area contributed by atoms with Gasteiger partial charge in [-0.05, 0) is 31.2 Å². The van der Waals surface area contributed by atoms with E-state index in [1.54, 1.807) is 10.9 Å². The van der Waals surface area contributed by atoms with Gasteiger partial charge in [-0.2, -0.15) is 5.10 Å². The van der Waals surface area contributed by atoms with Crippen molar-refractivity contribution < 1.29 is 9.53 Å². The summed E-state index contributed by atoms with van der Waals surface area (Å²) in [7, 11) is 1.52. The standard InChI is InChI=1S/C20H19N5O2/c1-13(19-22-15-10-6-7-11-16(15)23-19)21-20(26)18-17(27-2)12-25(24-18)14-8-4-3-5-9-14/h3-13H,1-2H3,(H,21,26)(H,22,23)/t13-/m1/s1. The quantitative estimate of drug-likeness (QED) is 0.571. The third-order valence-corrected chi connectivity index (χ3v) is 4.30. The highest BCUT2D eigenvalue weighted by molar-refractivity contribution is 5.95. The molecule has 7 heteroatoms. The Kier molecular flexibility index (Phi) is 4.33. The maximum absolute atomic E-state index is 12.8. The minimum atomic E-state index is -0.325. The van der Waals surface area contributed by atoms with Crippen LogP contribution in [0.25, 0.3) is 16.7 Å². The molecule has 0 bridgehead atoms. The van der Waals surface area contributed by atoms with E-state index in [0.29, 0.717) is 11.6 Å². The van der Waals surface area contributed by atoms with Crippen LogP contribution in [-0.2, 0) is 0 Å². The van der Waals surface area contributed by atoms with Gasteiger partial charge in [0.2, 0.25) is 0 Å². The van der Waals surface area contributed by atoms with Crippen LogP contribution < -0.4 is 10.1 Å². The van der Waals surface area contributed by atoms with Crippen LogP contribution in [-0.4, -0.2) is 32.8 Å². The van der Waals surface area contributed by atoms with Crippen molar-refractivity contribution in [3.05, 3.63) is 72.3 Å². The van der Waals surface area contributed by atoms with Gasteiger partial charge < -0.3 is 15.0 Å². The SMILES string of the molecule is COc1cn(-c2ccccc2)nc1C(=O)N[C@H](C)c1nc2ccccc2[nH]1. The van der Waals surface area contributed by atoms with E-state index in [9.17, 15) is 4.79 Å². The molecule has 0 aliphatic carbocycles. The van der Waals surface area contributed by atoms with E-state index in [4.69, 9.17) is 4.74 Å². The number of rotatable bonds is 5. The predicted octanol–water partition coefficient (Wildman–Crippen LogP) is 3.25. The third kappa shape index (κ3) is 3.27. The van der Waals surface area contributed by atoms with Crippen molar-refractivity contribution in [1.82, 2.24) is 25.1 Å². The van der Waals surface area contributed by atoms with E-state index in [-0.39, 0.29) is 17.6 Å². The Labute approximate surface area is 156 Å². The number of fused-ring (bicyclic) bond motifs is 1.